The summed E-state index contributed by atoms with van der Waals surface area (Å²) in [5.74, 6) is -0.857. The molecule has 7 heteroatoms. The Labute approximate surface area is 189 Å². The van der Waals surface area contributed by atoms with E-state index in [9.17, 15) is 19.2 Å². The summed E-state index contributed by atoms with van der Waals surface area (Å²) in [5, 5.41) is 0. The highest BCUT2D eigenvalue weighted by Gasteiger charge is 2.78. The van der Waals surface area contributed by atoms with E-state index >= 15 is 0 Å². The topological polar surface area (TPSA) is 96.0 Å². The summed E-state index contributed by atoms with van der Waals surface area (Å²) in [6, 6.07) is 0. The van der Waals surface area contributed by atoms with Crippen molar-refractivity contribution in [1.29, 1.82) is 0 Å². The Kier molecular flexibility index (Phi) is 7.25. The lowest BCUT2D eigenvalue weighted by molar-refractivity contribution is -0.193. The second kappa shape index (κ2) is 9.59. The average Bonchev–Trinajstić information content (AvgIpc) is 3.16. The minimum Gasteiger partial charge on any atom is -0.469 e. The molecule has 2 saturated carbocycles. The van der Waals surface area contributed by atoms with Crippen LogP contribution in [0.4, 0.5) is 0 Å². The van der Waals surface area contributed by atoms with Gasteiger partial charge in [0.15, 0.2) is 5.78 Å². The van der Waals surface area contributed by atoms with Crippen LogP contribution in [-0.4, -0.2) is 42.5 Å². The molecule has 2 unspecified atom stereocenters. The van der Waals surface area contributed by atoms with E-state index in [0.29, 0.717) is 18.8 Å². The maximum absolute atomic E-state index is 13.3. The Bertz CT molecular complexity index is 828. The number of ether oxygens (including phenoxy) is 3. The SMILES string of the molecule is CCCC[C@@H]1C2CC[C@]3(OC(C)=O)C=CC(=O)C23[C@@H]1/C=C/[C@@H](CCC(=O)OC)OC(C)=O. The molecular formula is C25H34O7. The van der Waals surface area contributed by atoms with E-state index in [1.807, 2.05) is 6.08 Å². The summed E-state index contributed by atoms with van der Waals surface area (Å²) in [6.07, 6.45) is 11.5. The molecule has 32 heavy (non-hydrogen) atoms. The van der Waals surface area contributed by atoms with Crippen LogP contribution >= 0.6 is 0 Å². The van der Waals surface area contributed by atoms with Crippen LogP contribution in [0, 0.1) is 23.2 Å². The maximum atomic E-state index is 13.3. The van der Waals surface area contributed by atoms with Gasteiger partial charge in [-0.1, -0.05) is 25.8 Å². The van der Waals surface area contributed by atoms with E-state index in [2.05, 4.69) is 6.92 Å². The third kappa shape index (κ3) is 4.02. The van der Waals surface area contributed by atoms with E-state index < -0.39 is 23.1 Å². The van der Waals surface area contributed by atoms with Crippen molar-refractivity contribution >= 4 is 23.7 Å². The van der Waals surface area contributed by atoms with E-state index in [0.717, 1.165) is 25.7 Å². The molecule has 3 aliphatic rings. The highest BCUT2D eigenvalue weighted by Crippen LogP contribution is 2.73. The first-order chi connectivity index (χ1) is 15.2. The van der Waals surface area contributed by atoms with Crippen LogP contribution in [0.25, 0.3) is 0 Å². The van der Waals surface area contributed by atoms with Gasteiger partial charge in [0.1, 0.15) is 11.7 Å². The van der Waals surface area contributed by atoms with Crippen LogP contribution in [0.5, 0.6) is 0 Å². The minimum absolute atomic E-state index is 0.0160. The molecular weight excluding hydrogens is 412 g/mol. The van der Waals surface area contributed by atoms with Gasteiger partial charge in [-0.05, 0) is 61.7 Å². The minimum atomic E-state index is -0.902. The zero-order valence-corrected chi connectivity index (χ0v) is 19.4. The molecule has 0 aromatic carbocycles. The van der Waals surface area contributed by atoms with Gasteiger partial charge in [-0.25, -0.2) is 0 Å². The fourth-order valence-corrected chi connectivity index (χ4v) is 6.35. The van der Waals surface area contributed by atoms with Crippen LogP contribution in [-0.2, 0) is 33.4 Å². The van der Waals surface area contributed by atoms with Gasteiger partial charge >= 0.3 is 17.9 Å². The van der Waals surface area contributed by atoms with E-state index in [4.69, 9.17) is 14.2 Å². The molecule has 6 atom stereocenters. The van der Waals surface area contributed by atoms with Gasteiger partial charge in [0.05, 0.1) is 12.5 Å². The molecule has 3 aliphatic carbocycles. The zero-order valence-electron chi connectivity index (χ0n) is 19.4. The first-order valence-corrected chi connectivity index (χ1v) is 11.6. The smallest absolute Gasteiger partial charge is 0.305 e. The molecule has 0 amide bonds. The van der Waals surface area contributed by atoms with E-state index in [1.54, 1.807) is 18.2 Å². The number of rotatable bonds is 10. The number of carbonyl (C=O) groups excluding carboxylic acids is 4. The second-order valence-corrected chi connectivity index (χ2v) is 9.17. The molecule has 3 rings (SSSR count). The Morgan fingerprint density at radius 3 is 2.62 bits per heavy atom. The van der Waals surface area contributed by atoms with Crippen molar-refractivity contribution in [3.8, 4) is 0 Å². The molecule has 176 valence electrons. The largest absolute Gasteiger partial charge is 0.469 e. The normalized spacial score (nSPS) is 33.4. The van der Waals surface area contributed by atoms with E-state index in [1.165, 1.54) is 21.0 Å². The molecule has 0 N–H and O–H groups in total. The van der Waals surface area contributed by atoms with Crippen molar-refractivity contribution in [2.24, 2.45) is 23.2 Å². The Morgan fingerprint density at radius 1 is 1.25 bits per heavy atom. The fraction of sp³-hybridized carbons (Fsp3) is 0.680. The predicted octanol–water partition coefficient (Wildman–Crippen LogP) is 3.70. The van der Waals surface area contributed by atoms with Crippen molar-refractivity contribution < 1.29 is 33.4 Å². The molecule has 0 radical (unpaired) electrons. The molecule has 0 aliphatic heterocycles. The summed E-state index contributed by atoms with van der Waals surface area (Å²) >= 11 is 0. The molecule has 0 saturated heterocycles. The van der Waals surface area contributed by atoms with Gasteiger partial charge in [-0.15, -0.1) is 0 Å². The quantitative estimate of drug-likeness (QED) is 0.287. The first-order valence-electron chi connectivity index (χ1n) is 11.6. The van der Waals surface area contributed by atoms with Crippen molar-refractivity contribution in [2.45, 2.75) is 77.4 Å². The Morgan fingerprint density at radius 2 is 2.00 bits per heavy atom. The number of methoxy groups -OCH3 is 1. The predicted molar refractivity (Wildman–Crippen MR) is 116 cm³/mol. The van der Waals surface area contributed by atoms with Gasteiger partial charge in [-0.2, -0.15) is 0 Å². The Hall–Kier alpha value is -2.44. The maximum Gasteiger partial charge on any atom is 0.305 e. The van der Waals surface area contributed by atoms with Gasteiger partial charge < -0.3 is 14.2 Å². The second-order valence-electron chi connectivity index (χ2n) is 9.17. The van der Waals surface area contributed by atoms with Crippen LogP contribution in [0.2, 0.25) is 0 Å². The molecule has 1 spiro atoms. The fourth-order valence-electron chi connectivity index (χ4n) is 6.35. The number of allylic oxidation sites excluding steroid dienone is 2. The van der Waals surface area contributed by atoms with Crippen LogP contribution in [0.15, 0.2) is 24.3 Å². The monoisotopic (exact) mass is 446 g/mol. The summed E-state index contributed by atoms with van der Waals surface area (Å²) in [6.45, 7) is 4.85. The van der Waals surface area contributed by atoms with Gasteiger partial charge in [0.25, 0.3) is 0 Å². The summed E-state index contributed by atoms with van der Waals surface area (Å²) < 4.78 is 15.9. The number of esters is 3. The summed E-state index contributed by atoms with van der Waals surface area (Å²) in [4.78, 5) is 48.4. The number of ketones is 1. The standard InChI is InChI=1S/C25H34O7/c1-5-6-7-19-20(10-8-18(31-16(2)26)9-11-23(29)30-4)25-21(19)12-14-24(25,32-17(3)27)15-13-22(25)28/h8,10,13,15,18-21H,5-7,9,11-12,14H2,1-4H3/b10-8+/t18-,19-,20+,21?,24-,25?/m0/s1. The molecule has 0 aromatic heterocycles. The average molecular weight is 447 g/mol. The van der Waals surface area contributed by atoms with Gasteiger partial charge in [-0.3, -0.25) is 19.2 Å². The third-order valence-electron chi connectivity index (χ3n) is 7.46. The number of hydrogen-bond donors (Lipinski definition) is 0. The molecule has 0 heterocycles. The molecule has 2 fully saturated rings. The molecule has 0 aromatic rings. The van der Waals surface area contributed by atoms with Crippen LogP contribution in [0.3, 0.4) is 0 Å². The van der Waals surface area contributed by atoms with Crippen molar-refractivity contribution in [3.63, 3.8) is 0 Å². The van der Waals surface area contributed by atoms with Gasteiger partial charge in [0.2, 0.25) is 0 Å². The summed E-state index contributed by atoms with van der Waals surface area (Å²) in [5.41, 5.74) is -1.68. The highest BCUT2D eigenvalue weighted by atomic mass is 16.6. The summed E-state index contributed by atoms with van der Waals surface area (Å²) in [7, 11) is 1.32. The molecule has 0 bridgehead atoms. The zero-order chi connectivity index (χ0) is 23.5. The van der Waals surface area contributed by atoms with E-state index in [-0.39, 0.29) is 36.0 Å². The van der Waals surface area contributed by atoms with Crippen molar-refractivity contribution in [2.75, 3.05) is 7.11 Å². The lowest BCUT2D eigenvalue weighted by Crippen LogP contribution is -2.65. The third-order valence-corrected chi connectivity index (χ3v) is 7.46. The van der Waals surface area contributed by atoms with Crippen molar-refractivity contribution in [1.82, 2.24) is 0 Å². The van der Waals surface area contributed by atoms with Crippen molar-refractivity contribution in [3.05, 3.63) is 24.3 Å². The Balaban J connectivity index is 1.91. The lowest BCUT2D eigenvalue weighted by atomic mass is 9.43. The number of hydrogen-bond acceptors (Lipinski definition) is 7. The molecule has 7 nitrogen and oxygen atoms in total. The van der Waals surface area contributed by atoms with Gasteiger partial charge in [0, 0.05) is 20.3 Å². The first kappa shape index (κ1) is 24.2. The lowest BCUT2D eigenvalue weighted by Gasteiger charge is -2.59. The number of carbonyl (C=O) groups is 4. The van der Waals surface area contributed by atoms with Crippen LogP contribution < -0.4 is 0 Å². The number of unbranched alkanes of at least 4 members (excludes halogenated alkanes) is 1. The van der Waals surface area contributed by atoms with Crippen LogP contribution in [0.1, 0.15) is 65.7 Å². The highest BCUT2D eigenvalue weighted by molar-refractivity contribution is 6.02.